The van der Waals surface area contributed by atoms with Crippen LogP contribution >= 0.6 is 0 Å². The van der Waals surface area contributed by atoms with E-state index in [2.05, 4.69) is 20.4 Å². The highest BCUT2D eigenvalue weighted by Gasteiger charge is 2.36. The van der Waals surface area contributed by atoms with Crippen LogP contribution in [0.5, 0.6) is 0 Å². The third-order valence-corrected chi connectivity index (χ3v) is 3.61. The Morgan fingerprint density at radius 2 is 2.29 bits per heavy atom. The topological polar surface area (TPSA) is 81.7 Å². The van der Waals surface area contributed by atoms with Gasteiger partial charge in [0, 0.05) is 13.6 Å². The van der Waals surface area contributed by atoms with E-state index in [9.17, 15) is 0 Å². The van der Waals surface area contributed by atoms with E-state index in [1.807, 2.05) is 7.05 Å². The smallest absolute Gasteiger partial charge is 0.163 e. The third kappa shape index (κ3) is 1.56. The molecular weight excluding hydrogens is 216 g/mol. The van der Waals surface area contributed by atoms with Crippen molar-refractivity contribution in [3.05, 3.63) is 12.5 Å². The fraction of sp³-hybridized carbons (Fsp3) is 0.545. The van der Waals surface area contributed by atoms with Gasteiger partial charge in [0.25, 0.3) is 0 Å². The quantitative estimate of drug-likeness (QED) is 0.812. The van der Waals surface area contributed by atoms with Crippen molar-refractivity contribution < 1.29 is 0 Å². The molecule has 6 nitrogen and oxygen atoms in total. The molecule has 2 aromatic heterocycles. The van der Waals surface area contributed by atoms with Crippen molar-refractivity contribution in [2.45, 2.75) is 24.8 Å². The largest absolute Gasteiger partial charge is 0.363 e. The second-order valence-corrected chi connectivity index (χ2v) is 4.69. The van der Waals surface area contributed by atoms with Crippen molar-refractivity contribution in [1.82, 2.24) is 19.7 Å². The van der Waals surface area contributed by atoms with Crippen LogP contribution in [0.1, 0.15) is 19.3 Å². The highest BCUT2D eigenvalue weighted by atomic mass is 15.3. The molecule has 17 heavy (non-hydrogen) atoms. The number of aryl methyl sites for hydroxylation is 1. The second-order valence-electron chi connectivity index (χ2n) is 4.69. The number of hydrogen-bond donors (Lipinski definition) is 2. The molecule has 1 saturated carbocycles. The van der Waals surface area contributed by atoms with E-state index in [1.165, 1.54) is 6.42 Å². The fourth-order valence-electron chi connectivity index (χ4n) is 2.30. The maximum Gasteiger partial charge on any atom is 0.163 e. The second kappa shape index (κ2) is 3.66. The number of nitrogens with two attached hydrogens (primary N) is 1. The van der Waals surface area contributed by atoms with Crippen molar-refractivity contribution in [2.24, 2.45) is 12.8 Å². The molecule has 0 bridgehead atoms. The Kier molecular flexibility index (Phi) is 2.25. The summed E-state index contributed by atoms with van der Waals surface area (Å²) in [6.07, 6.45) is 6.80. The molecular formula is C11H16N6. The van der Waals surface area contributed by atoms with Gasteiger partial charge in [0.15, 0.2) is 5.65 Å². The molecule has 0 spiro atoms. The molecule has 2 aromatic rings. The van der Waals surface area contributed by atoms with Gasteiger partial charge in [-0.3, -0.25) is 4.68 Å². The van der Waals surface area contributed by atoms with Gasteiger partial charge in [-0.1, -0.05) is 0 Å². The Balaban J connectivity index is 2.00. The lowest BCUT2D eigenvalue weighted by Gasteiger charge is -2.42. The number of anilines is 1. The Labute approximate surface area is 99.2 Å². The minimum Gasteiger partial charge on any atom is -0.363 e. The number of nitrogens with one attached hydrogen (secondary N) is 1. The van der Waals surface area contributed by atoms with Crippen LogP contribution in [-0.2, 0) is 7.05 Å². The van der Waals surface area contributed by atoms with Crippen LogP contribution in [0.2, 0.25) is 0 Å². The van der Waals surface area contributed by atoms with E-state index in [-0.39, 0.29) is 5.54 Å². The summed E-state index contributed by atoms with van der Waals surface area (Å²) < 4.78 is 1.75. The molecule has 2 heterocycles. The lowest BCUT2D eigenvalue weighted by Crippen LogP contribution is -2.51. The number of rotatable bonds is 3. The molecule has 6 heteroatoms. The zero-order valence-electron chi connectivity index (χ0n) is 9.85. The molecule has 1 aliphatic rings. The monoisotopic (exact) mass is 232 g/mol. The van der Waals surface area contributed by atoms with Gasteiger partial charge in [-0.15, -0.1) is 0 Å². The summed E-state index contributed by atoms with van der Waals surface area (Å²) in [5, 5.41) is 8.62. The predicted octanol–water partition coefficient (Wildman–Crippen LogP) is 0.657. The summed E-state index contributed by atoms with van der Waals surface area (Å²) in [5.74, 6) is 0.841. The molecule has 0 amide bonds. The van der Waals surface area contributed by atoms with E-state index in [0.29, 0.717) is 6.54 Å². The van der Waals surface area contributed by atoms with Crippen LogP contribution in [-0.4, -0.2) is 31.8 Å². The van der Waals surface area contributed by atoms with Crippen molar-refractivity contribution >= 4 is 16.9 Å². The molecule has 0 aromatic carbocycles. The molecule has 3 rings (SSSR count). The molecule has 0 radical (unpaired) electrons. The maximum absolute atomic E-state index is 5.84. The molecule has 0 unspecified atom stereocenters. The highest BCUT2D eigenvalue weighted by Crippen LogP contribution is 2.35. The van der Waals surface area contributed by atoms with Crippen molar-refractivity contribution in [2.75, 3.05) is 11.9 Å². The van der Waals surface area contributed by atoms with Crippen LogP contribution in [0, 0.1) is 0 Å². The van der Waals surface area contributed by atoms with E-state index in [0.717, 1.165) is 29.7 Å². The minimum absolute atomic E-state index is 0.0249. The number of fused-ring (bicyclic) bond motifs is 1. The molecule has 0 saturated heterocycles. The zero-order chi connectivity index (χ0) is 11.9. The van der Waals surface area contributed by atoms with Crippen LogP contribution < -0.4 is 11.1 Å². The predicted molar refractivity (Wildman–Crippen MR) is 65.6 cm³/mol. The maximum atomic E-state index is 5.84. The average Bonchev–Trinajstić information content (AvgIpc) is 2.67. The Bertz CT molecular complexity index is 536. The summed E-state index contributed by atoms with van der Waals surface area (Å²) in [6, 6.07) is 0. The first-order chi connectivity index (χ1) is 8.24. The first-order valence-electron chi connectivity index (χ1n) is 5.85. The normalized spacial score (nSPS) is 18.0. The highest BCUT2D eigenvalue weighted by molar-refractivity contribution is 5.86. The summed E-state index contributed by atoms with van der Waals surface area (Å²) in [4.78, 5) is 8.52. The van der Waals surface area contributed by atoms with Crippen LogP contribution in [0.25, 0.3) is 11.0 Å². The standard InChI is InChI=1S/C11H16N6/c1-17-10-8(5-15-17)9(13-7-14-10)16-11(6-12)3-2-4-11/h5,7H,2-4,6,12H2,1H3,(H,13,14,16). The van der Waals surface area contributed by atoms with E-state index >= 15 is 0 Å². The SMILES string of the molecule is Cn1ncc2c(NC3(CN)CCC3)ncnc21. The van der Waals surface area contributed by atoms with Gasteiger partial charge in [-0.05, 0) is 19.3 Å². The molecule has 1 fully saturated rings. The zero-order valence-corrected chi connectivity index (χ0v) is 9.85. The van der Waals surface area contributed by atoms with Gasteiger partial charge in [-0.25, -0.2) is 9.97 Å². The van der Waals surface area contributed by atoms with Crippen molar-refractivity contribution in [1.29, 1.82) is 0 Å². The van der Waals surface area contributed by atoms with Gasteiger partial charge in [-0.2, -0.15) is 5.10 Å². The van der Waals surface area contributed by atoms with Crippen molar-refractivity contribution in [3.63, 3.8) is 0 Å². The summed E-state index contributed by atoms with van der Waals surface area (Å²) in [7, 11) is 1.88. The van der Waals surface area contributed by atoms with Crippen LogP contribution in [0.3, 0.4) is 0 Å². The Morgan fingerprint density at radius 1 is 1.47 bits per heavy atom. The minimum atomic E-state index is 0.0249. The Hall–Kier alpha value is -1.69. The number of aromatic nitrogens is 4. The van der Waals surface area contributed by atoms with Gasteiger partial charge in [0.05, 0.1) is 17.1 Å². The van der Waals surface area contributed by atoms with Gasteiger partial charge < -0.3 is 11.1 Å². The van der Waals surface area contributed by atoms with Crippen molar-refractivity contribution in [3.8, 4) is 0 Å². The van der Waals surface area contributed by atoms with E-state index in [4.69, 9.17) is 5.73 Å². The number of hydrogen-bond acceptors (Lipinski definition) is 5. The molecule has 90 valence electrons. The average molecular weight is 232 g/mol. The molecule has 3 N–H and O–H groups in total. The summed E-state index contributed by atoms with van der Waals surface area (Å²) in [5.41, 5.74) is 6.71. The summed E-state index contributed by atoms with van der Waals surface area (Å²) in [6.45, 7) is 0.638. The summed E-state index contributed by atoms with van der Waals surface area (Å²) >= 11 is 0. The molecule has 0 atom stereocenters. The first kappa shape index (κ1) is 10.5. The van der Waals surface area contributed by atoms with Gasteiger partial charge in [0.2, 0.25) is 0 Å². The first-order valence-corrected chi connectivity index (χ1v) is 5.85. The number of nitrogens with zero attached hydrogens (tertiary/aromatic N) is 4. The van der Waals surface area contributed by atoms with Crippen LogP contribution in [0.15, 0.2) is 12.5 Å². The van der Waals surface area contributed by atoms with E-state index < -0.39 is 0 Å². The molecule has 1 aliphatic carbocycles. The van der Waals surface area contributed by atoms with Gasteiger partial charge >= 0.3 is 0 Å². The third-order valence-electron chi connectivity index (χ3n) is 3.61. The lowest BCUT2D eigenvalue weighted by atomic mass is 9.77. The Morgan fingerprint density at radius 3 is 2.94 bits per heavy atom. The lowest BCUT2D eigenvalue weighted by molar-refractivity contribution is 0.287. The van der Waals surface area contributed by atoms with Crippen LogP contribution in [0.4, 0.5) is 5.82 Å². The van der Waals surface area contributed by atoms with E-state index in [1.54, 1.807) is 17.2 Å². The molecule has 0 aliphatic heterocycles. The van der Waals surface area contributed by atoms with Gasteiger partial charge in [0.1, 0.15) is 12.1 Å². The fourth-order valence-corrected chi connectivity index (χ4v) is 2.30.